The number of benzene rings is 2. The van der Waals surface area contributed by atoms with Crippen LogP contribution in [0, 0.1) is 0 Å². The molecule has 2 aromatic rings. The minimum absolute atomic E-state index is 0.292. The standard InChI is InChI=1S/C18H16ClNO4/c1-11(21)23-18(12-4-7-14(8-5-12)20(2)3)16-9-6-13(19)10-15(16)17(22)24-18/h4-10H,1-3H3. The minimum Gasteiger partial charge on any atom is -0.414 e. The highest BCUT2D eigenvalue weighted by molar-refractivity contribution is 6.31. The van der Waals surface area contributed by atoms with Gasteiger partial charge in [0.1, 0.15) is 0 Å². The van der Waals surface area contributed by atoms with Crippen LogP contribution in [0.25, 0.3) is 0 Å². The molecule has 1 heterocycles. The highest BCUT2D eigenvalue weighted by atomic mass is 35.5. The molecule has 3 rings (SSSR count). The molecule has 0 saturated carbocycles. The van der Waals surface area contributed by atoms with E-state index < -0.39 is 17.7 Å². The van der Waals surface area contributed by atoms with E-state index in [0.717, 1.165) is 5.69 Å². The van der Waals surface area contributed by atoms with Gasteiger partial charge in [-0.3, -0.25) is 4.79 Å². The fourth-order valence-electron chi connectivity index (χ4n) is 2.74. The van der Waals surface area contributed by atoms with Crippen LogP contribution in [0.15, 0.2) is 42.5 Å². The van der Waals surface area contributed by atoms with E-state index in [2.05, 4.69) is 0 Å². The Hall–Kier alpha value is -2.53. The van der Waals surface area contributed by atoms with Crippen molar-refractivity contribution in [3.05, 3.63) is 64.2 Å². The Bertz CT molecular complexity index is 816. The molecule has 1 aliphatic heterocycles. The summed E-state index contributed by atoms with van der Waals surface area (Å²) in [5.41, 5.74) is 2.28. The average Bonchev–Trinajstić information content (AvgIpc) is 2.79. The van der Waals surface area contributed by atoms with Gasteiger partial charge in [0.15, 0.2) is 0 Å². The molecule has 0 aliphatic carbocycles. The zero-order valence-electron chi connectivity index (χ0n) is 13.5. The van der Waals surface area contributed by atoms with E-state index in [1.54, 1.807) is 24.3 Å². The number of halogens is 1. The fraction of sp³-hybridized carbons (Fsp3) is 0.222. The molecular weight excluding hydrogens is 330 g/mol. The lowest BCUT2D eigenvalue weighted by atomic mass is 9.95. The van der Waals surface area contributed by atoms with Gasteiger partial charge < -0.3 is 14.4 Å². The second kappa shape index (κ2) is 5.83. The number of rotatable bonds is 3. The first-order valence-electron chi connectivity index (χ1n) is 7.34. The first kappa shape index (κ1) is 16.3. The highest BCUT2D eigenvalue weighted by Crippen LogP contribution is 2.44. The summed E-state index contributed by atoms with van der Waals surface area (Å²) in [5.74, 6) is -2.72. The number of carbonyl (C=O) groups excluding carboxylic acids is 2. The van der Waals surface area contributed by atoms with Gasteiger partial charge in [0.25, 0.3) is 0 Å². The van der Waals surface area contributed by atoms with Crippen LogP contribution < -0.4 is 4.90 Å². The maximum atomic E-state index is 12.3. The largest absolute Gasteiger partial charge is 0.414 e. The third-order valence-electron chi connectivity index (χ3n) is 3.84. The van der Waals surface area contributed by atoms with Gasteiger partial charge in [0.2, 0.25) is 0 Å². The molecule has 24 heavy (non-hydrogen) atoms. The number of cyclic esters (lactones) is 1. The first-order chi connectivity index (χ1) is 11.3. The van der Waals surface area contributed by atoms with Gasteiger partial charge in [-0.15, -0.1) is 0 Å². The lowest BCUT2D eigenvalue weighted by Gasteiger charge is -2.28. The van der Waals surface area contributed by atoms with Crippen LogP contribution in [0.3, 0.4) is 0 Å². The van der Waals surface area contributed by atoms with Gasteiger partial charge in [-0.05, 0) is 42.5 Å². The summed E-state index contributed by atoms with van der Waals surface area (Å²) in [4.78, 5) is 25.9. The second-order valence-electron chi connectivity index (χ2n) is 5.73. The van der Waals surface area contributed by atoms with Crippen LogP contribution in [-0.4, -0.2) is 26.0 Å². The van der Waals surface area contributed by atoms with Crippen molar-refractivity contribution >= 4 is 29.2 Å². The zero-order chi connectivity index (χ0) is 17.5. The smallest absolute Gasteiger partial charge is 0.342 e. The van der Waals surface area contributed by atoms with Gasteiger partial charge in [-0.25, -0.2) is 4.79 Å². The van der Waals surface area contributed by atoms with Crippen LogP contribution in [0.1, 0.15) is 28.4 Å². The Balaban J connectivity index is 2.17. The molecule has 0 bridgehead atoms. The van der Waals surface area contributed by atoms with Crippen LogP contribution in [0.5, 0.6) is 0 Å². The molecule has 6 heteroatoms. The van der Waals surface area contributed by atoms with Gasteiger partial charge in [-0.2, -0.15) is 0 Å². The molecule has 0 radical (unpaired) electrons. The number of nitrogens with zero attached hydrogens (tertiary/aromatic N) is 1. The third kappa shape index (κ3) is 2.61. The van der Waals surface area contributed by atoms with Crippen molar-refractivity contribution < 1.29 is 19.1 Å². The number of anilines is 1. The monoisotopic (exact) mass is 345 g/mol. The maximum absolute atomic E-state index is 12.3. The normalized spacial score (nSPS) is 18.8. The van der Waals surface area contributed by atoms with Crippen molar-refractivity contribution in [1.29, 1.82) is 0 Å². The molecule has 1 atom stereocenters. The number of hydrogen-bond acceptors (Lipinski definition) is 5. The Morgan fingerprint density at radius 2 is 1.83 bits per heavy atom. The number of fused-ring (bicyclic) bond motifs is 1. The number of esters is 2. The Kier molecular flexibility index (Phi) is 3.97. The Labute approximate surface area is 144 Å². The zero-order valence-corrected chi connectivity index (χ0v) is 14.3. The van der Waals surface area contributed by atoms with E-state index in [0.29, 0.717) is 21.7 Å². The van der Waals surface area contributed by atoms with Gasteiger partial charge in [-0.1, -0.05) is 11.6 Å². The van der Waals surface area contributed by atoms with E-state index in [1.165, 1.54) is 13.0 Å². The topological polar surface area (TPSA) is 55.8 Å². The summed E-state index contributed by atoms with van der Waals surface area (Å²) >= 11 is 5.97. The van der Waals surface area contributed by atoms with E-state index >= 15 is 0 Å². The summed E-state index contributed by atoms with van der Waals surface area (Å²) in [7, 11) is 3.84. The predicted molar refractivity (Wildman–Crippen MR) is 90.2 cm³/mol. The van der Waals surface area contributed by atoms with Gasteiger partial charge in [0, 0.05) is 37.3 Å². The van der Waals surface area contributed by atoms with Crippen LogP contribution in [0.2, 0.25) is 5.02 Å². The third-order valence-corrected chi connectivity index (χ3v) is 4.08. The molecular formula is C18H16ClNO4. The highest BCUT2D eigenvalue weighted by Gasteiger charge is 2.50. The van der Waals surface area contributed by atoms with Gasteiger partial charge in [0.05, 0.1) is 11.1 Å². The molecule has 2 aromatic carbocycles. The fourth-order valence-corrected chi connectivity index (χ4v) is 2.92. The SMILES string of the molecule is CC(=O)OC1(c2ccc(N(C)C)cc2)OC(=O)c2cc(Cl)ccc21. The van der Waals surface area contributed by atoms with Crippen molar-refractivity contribution in [1.82, 2.24) is 0 Å². The van der Waals surface area contributed by atoms with Crippen molar-refractivity contribution in [3.63, 3.8) is 0 Å². The molecule has 5 nitrogen and oxygen atoms in total. The molecule has 0 saturated heterocycles. The van der Waals surface area contributed by atoms with E-state index in [9.17, 15) is 9.59 Å². The summed E-state index contributed by atoms with van der Waals surface area (Å²) in [6.45, 7) is 1.28. The quantitative estimate of drug-likeness (QED) is 0.798. The lowest BCUT2D eigenvalue weighted by Crippen LogP contribution is -2.33. The van der Waals surface area contributed by atoms with Crippen molar-refractivity contribution in [2.24, 2.45) is 0 Å². The number of ether oxygens (including phenoxy) is 2. The second-order valence-corrected chi connectivity index (χ2v) is 6.17. The predicted octanol–water partition coefficient (Wildman–Crippen LogP) is 3.34. The summed E-state index contributed by atoms with van der Waals surface area (Å²) in [6, 6.07) is 12.1. The first-order valence-corrected chi connectivity index (χ1v) is 7.72. The van der Waals surface area contributed by atoms with E-state index in [-0.39, 0.29) is 0 Å². The van der Waals surface area contributed by atoms with Crippen LogP contribution in [0.4, 0.5) is 5.69 Å². The molecule has 124 valence electrons. The molecule has 0 N–H and O–H groups in total. The Morgan fingerprint density at radius 3 is 2.42 bits per heavy atom. The van der Waals surface area contributed by atoms with E-state index in [1.807, 2.05) is 31.1 Å². The van der Waals surface area contributed by atoms with Crippen LogP contribution in [-0.2, 0) is 20.1 Å². The van der Waals surface area contributed by atoms with E-state index in [4.69, 9.17) is 21.1 Å². The summed E-state index contributed by atoms with van der Waals surface area (Å²) in [5, 5.41) is 0.410. The minimum atomic E-state index is -1.59. The molecule has 0 aromatic heterocycles. The van der Waals surface area contributed by atoms with Crippen molar-refractivity contribution in [3.8, 4) is 0 Å². The molecule has 0 fully saturated rings. The molecule has 0 spiro atoms. The van der Waals surface area contributed by atoms with Gasteiger partial charge >= 0.3 is 17.7 Å². The van der Waals surface area contributed by atoms with Crippen molar-refractivity contribution in [2.75, 3.05) is 19.0 Å². The average molecular weight is 346 g/mol. The van der Waals surface area contributed by atoms with Crippen molar-refractivity contribution in [2.45, 2.75) is 12.7 Å². The maximum Gasteiger partial charge on any atom is 0.342 e. The van der Waals surface area contributed by atoms with Crippen LogP contribution >= 0.6 is 11.6 Å². The Morgan fingerprint density at radius 1 is 1.17 bits per heavy atom. The number of carbonyl (C=O) groups is 2. The lowest BCUT2D eigenvalue weighted by molar-refractivity contribution is -0.191. The summed E-state index contributed by atoms with van der Waals surface area (Å²) < 4.78 is 11.0. The molecule has 1 aliphatic rings. The summed E-state index contributed by atoms with van der Waals surface area (Å²) in [6.07, 6.45) is 0. The molecule has 0 amide bonds. The number of hydrogen-bond donors (Lipinski definition) is 0. The molecule has 1 unspecified atom stereocenters.